The molecule has 0 unspecified atom stereocenters. The first-order valence-corrected chi connectivity index (χ1v) is 2.48. The monoisotopic (exact) mass is 118 g/mol. The minimum Gasteiger partial charge on any atom is -0.333 e. The summed E-state index contributed by atoms with van der Waals surface area (Å²) in [5.41, 5.74) is 0. The summed E-state index contributed by atoms with van der Waals surface area (Å²) >= 11 is 4.76. The molecular weight excluding hydrogens is 112 g/mol. The summed E-state index contributed by atoms with van der Waals surface area (Å²) in [6, 6.07) is 0. The van der Waals surface area contributed by atoms with Crippen molar-refractivity contribution in [2.24, 2.45) is 0 Å². The first-order valence-electron chi connectivity index (χ1n) is 2.17. The highest BCUT2D eigenvalue weighted by molar-refractivity contribution is 6.08. The zero-order valence-corrected chi connectivity index (χ0v) is 4.96. The van der Waals surface area contributed by atoms with Crippen LogP contribution in [0, 0.1) is 12.0 Å². The first kappa shape index (κ1) is 6.65. The summed E-state index contributed by atoms with van der Waals surface area (Å²) < 4.78 is 3.96. The summed E-state index contributed by atoms with van der Waals surface area (Å²) in [6.07, 6.45) is 4.17. The molecule has 0 N–H and O–H groups in total. The molecule has 0 saturated carbocycles. The van der Waals surface area contributed by atoms with E-state index in [0.29, 0.717) is 0 Å². The van der Waals surface area contributed by atoms with Gasteiger partial charge in [-0.15, -0.1) is 0 Å². The van der Waals surface area contributed by atoms with Crippen LogP contribution in [-0.4, -0.2) is 0 Å². The van der Waals surface area contributed by atoms with Crippen LogP contribution in [-0.2, 0) is 4.29 Å². The normalized spacial score (nSPS) is 6.57. The molecule has 0 aromatic rings. The van der Waals surface area contributed by atoms with E-state index < -0.39 is 0 Å². The van der Waals surface area contributed by atoms with Gasteiger partial charge in [-0.3, -0.25) is 0 Å². The van der Waals surface area contributed by atoms with Crippen molar-refractivity contribution < 1.29 is 4.29 Å². The fourth-order valence-electron chi connectivity index (χ4n) is 0.203. The van der Waals surface area contributed by atoms with Gasteiger partial charge in [0, 0.05) is 6.42 Å². The van der Waals surface area contributed by atoms with Crippen molar-refractivity contribution in [3.8, 4) is 12.0 Å². The number of rotatable bonds is 1. The highest BCUT2D eigenvalue weighted by Crippen LogP contribution is 1.81. The molecule has 0 aliphatic carbocycles. The van der Waals surface area contributed by atoms with Crippen molar-refractivity contribution >= 4 is 11.9 Å². The summed E-state index contributed by atoms with van der Waals surface area (Å²) in [5.74, 6) is 2.68. The second-order valence-electron chi connectivity index (χ2n) is 1.11. The van der Waals surface area contributed by atoms with Crippen molar-refractivity contribution in [2.75, 3.05) is 0 Å². The van der Waals surface area contributed by atoms with Gasteiger partial charge in [-0.1, -0.05) is 12.8 Å². The molecular formula is C5H7ClO. The lowest BCUT2D eigenvalue weighted by Gasteiger charge is -1.73. The molecule has 0 aromatic carbocycles. The SMILES string of the molecule is CCCC#COCl. The second-order valence-corrected chi connectivity index (χ2v) is 1.26. The molecule has 7 heavy (non-hydrogen) atoms. The van der Waals surface area contributed by atoms with Crippen LogP contribution >= 0.6 is 11.9 Å². The third kappa shape index (κ3) is 5.65. The van der Waals surface area contributed by atoms with Crippen molar-refractivity contribution in [3.05, 3.63) is 0 Å². The maximum Gasteiger partial charge on any atom is 0.147 e. The molecule has 0 rings (SSSR count). The topological polar surface area (TPSA) is 9.23 Å². The van der Waals surface area contributed by atoms with Gasteiger partial charge in [0.15, 0.2) is 0 Å². The predicted octanol–water partition coefficient (Wildman–Crippen LogP) is 1.92. The predicted molar refractivity (Wildman–Crippen MR) is 29.6 cm³/mol. The van der Waals surface area contributed by atoms with Crippen LogP contribution in [0.1, 0.15) is 19.8 Å². The van der Waals surface area contributed by atoms with Crippen LogP contribution in [0.2, 0.25) is 0 Å². The van der Waals surface area contributed by atoms with Gasteiger partial charge < -0.3 is 4.29 Å². The first-order chi connectivity index (χ1) is 3.41. The minimum absolute atomic E-state index is 0.854. The number of unbranched alkanes of at least 4 members (excludes halogenated alkanes) is 1. The average Bonchev–Trinajstić information content (AvgIpc) is 1.69. The van der Waals surface area contributed by atoms with E-state index in [0.717, 1.165) is 12.8 Å². The Hall–Kier alpha value is -0.350. The van der Waals surface area contributed by atoms with Crippen LogP contribution in [0.3, 0.4) is 0 Å². The molecule has 0 bridgehead atoms. The Labute approximate surface area is 48.8 Å². The van der Waals surface area contributed by atoms with E-state index in [-0.39, 0.29) is 0 Å². The highest BCUT2D eigenvalue weighted by Gasteiger charge is 1.67. The molecule has 0 saturated heterocycles. The van der Waals surface area contributed by atoms with Crippen LogP contribution in [0.5, 0.6) is 0 Å². The highest BCUT2D eigenvalue weighted by atomic mass is 35.5. The second kappa shape index (κ2) is 5.65. The van der Waals surface area contributed by atoms with Gasteiger partial charge in [-0.2, -0.15) is 0 Å². The van der Waals surface area contributed by atoms with E-state index >= 15 is 0 Å². The maximum atomic E-state index is 4.76. The Kier molecular flexibility index (Phi) is 5.37. The lowest BCUT2D eigenvalue weighted by Crippen LogP contribution is -1.60. The summed E-state index contributed by atoms with van der Waals surface area (Å²) in [5, 5.41) is 0. The molecule has 0 fully saturated rings. The van der Waals surface area contributed by atoms with Crippen LogP contribution in [0.4, 0.5) is 0 Å². The molecule has 40 valence electrons. The fourth-order valence-corrected chi connectivity index (χ4v) is 0.258. The Morgan fingerprint density at radius 1 is 1.71 bits per heavy atom. The average molecular weight is 119 g/mol. The fraction of sp³-hybridized carbons (Fsp3) is 0.600. The molecule has 0 aliphatic rings. The third-order valence-corrected chi connectivity index (χ3v) is 0.563. The number of hydrogen-bond acceptors (Lipinski definition) is 1. The molecule has 0 aliphatic heterocycles. The van der Waals surface area contributed by atoms with Gasteiger partial charge in [0.2, 0.25) is 0 Å². The Morgan fingerprint density at radius 2 is 2.43 bits per heavy atom. The molecule has 0 aromatic heterocycles. The summed E-state index contributed by atoms with van der Waals surface area (Å²) in [6.45, 7) is 2.04. The van der Waals surface area contributed by atoms with Crippen molar-refractivity contribution in [2.45, 2.75) is 19.8 Å². The van der Waals surface area contributed by atoms with Crippen molar-refractivity contribution in [3.63, 3.8) is 0 Å². The van der Waals surface area contributed by atoms with E-state index in [1.54, 1.807) is 0 Å². The van der Waals surface area contributed by atoms with Gasteiger partial charge in [-0.25, -0.2) is 0 Å². The molecule has 0 radical (unpaired) electrons. The molecule has 0 atom stereocenters. The number of halogens is 1. The standard InChI is InChI=1S/C5H7ClO/c1-2-3-4-5-7-6/h2-3H2,1H3. The van der Waals surface area contributed by atoms with Gasteiger partial charge >= 0.3 is 0 Å². The quantitative estimate of drug-likeness (QED) is 0.478. The zero-order chi connectivity index (χ0) is 5.54. The number of hydrogen-bond donors (Lipinski definition) is 0. The molecule has 0 amide bonds. The van der Waals surface area contributed by atoms with Crippen LogP contribution < -0.4 is 0 Å². The van der Waals surface area contributed by atoms with E-state index in [9.17, 15) is 0 Å². The summed E-state index contributed by atoms with van der Waals surface area (Å²) in [4.78, 5) is 0. The van der Waals surface area contributed by atoms with Crippen LogP contribution in [0.25, 0.3) is 0 Å². The van der Waals surface area contributed by atoms with E-state index in [1.807, 2.05) is 6.92 Å². The Morgan fingerprint density at radius 3 is 2.86 bits per heavy atom. The van der Waals surface area contributed by atoms with E-state index in [2.05, 4.69) is 16.3 Å². The van der Waals surface area contributed by atoms with Gasteiger partial charge in [-0.05, 0) is 6.42 Å². The molecule has 1 nitrogen and oxygen atoms in total. The maximum absolute atomic E-state index is 4.76. The van der Waals surface area contributed by atoms with Crippen molar-refractivity contribution in [1.82, 2.24) is 0 Å². The van der Waals surface area contributed by atoms with Gasteiger partial charge in [0.1, 0.15) is 18.0 Å². The van der Waals surface area contributed by atoms with Gasteiger partial charge in [0.25, 0.3) is 0 Å². The smallest absolute Gasteiger partial charge is 0.147 e. The van der Waals surface area contributed by atoms with Crippen molar-refractivity contribution in [1.29, 1.82) is 0 Å². The lowest BCUT2D eigenvalue weighted by molar-refractivity contribution is 0.580. The third-order valence-electron chi connectivity index (χ3n) is 0.486. The van der Waals surface area contributed by atoms with E-state index in [1.165, 1.54) is 0 Å². The molecule has 0 heterocycles. The van der Waals surface area contributed by atoms with Gasteiger partial charge in [0.05, 0.1) is 0 Å². The van der Waals surface area contributed by atoms with Crippen LogP contribution in [0.15, 0.2) is 0 Å². The summed E-state index contributed by atoms with van der Waals surface area (Å²) in [7, 11) is 0. The molecule has 0 spiro atoms. The largest absolute Gasteiger partial charge is 0.333 e. The Bertz CT molecular complexity index is 79.8. The Balaban J connectivity index is 2.91. The van der Waals surface area contributed by atoms with E-state index in [4.69, 9.17) is 11.9 Å². The molecule has 2 heteroatoms. The lowest BCUT2D eigenvalue weighted by atomic mass is 10.4. The zero-order valence-electron chi connectivity index (χ0n) is 4.20. The minimum atomic E-state index is 0.854.